The Bertz CT molecular complexity index is 737. The highest BCUT2D eigenvalue weighted by Gasteiger charge is 2.30. The third-order valence-corrected chi connectivity index (χ3v) is 3.48. The van der Waals surface area contributed by atoms with Crippen molar-refractivity contribution in [3.05, 3.63) is 69.7 Å². The van der Waals surface area contributed by atoms with Crippen LogP contribution < -0.4 is 5.32 Å². The van der Waals surface area contributed by atoms with E-state index in [2.05, 4.69) is 5.32 Å². The van der Waals surface area contributed by atoms with E-state index in [-0.39, 0.29) is 21.3 Å². The van der Waals surface area contributed by atoms with Gasteiger partial charge >= 0.3 is 6.18 Å². The minimum absolute atomic E-state index is 0.245. The van der Waals surface area contributed by atoms with E-state index in [9.17, 15) is 18.0 Å². The number of hydrogen-bond acceptors (Lipinski definition) is 1. The lowest BCUT2D eigenvalue weighted by Crippen LogP contribution is -2.08. The summed E-state index contributed by atoms with van der Waals surface area (Å²) in [6, 6.07) is 9.37. The van der Waals surface area contributed by atoms with Gasteiger partial charge in [-0.1, -0.05) is 41.4 Å². The van der Waals surface area contributed by atoms with Gasteiger partial charge in [-0.3, -0.25) is 4.79 Å². The number of alkyl halides is 3. The van der Waals surface area contributed by atoms with E-state index in [0.29, 0.717) is 0 Å². The molecule has 0 aliphatic heterocycles. The van der Waals surface area contributed by atoms with Crippen molar-refractivity contribution in [3.8, 4) is 0 Å². The van der Waals surface area contributed by atoms with Gasteiger partial charge in [0.25, 0.3) is 0 Å². The summed E-state index contributed by atoms with van der Waals surface area (Å²) in [5.41, 5.74) is -0.288. The zero-order chi connectivity index (χ0) is 17.0. The second-order valence-corrected chi connectivity index (χ2v) is 5.36. The van der Waals surface area contributed by atoms with E-state index in [0.717, 1.165) is 18.2 Å². The first-order valence-corrected chi connectivity index (χ1v) is 7.13. The summed E-state index contributed by atoms with van der Waals surface area (Å²) in [6.45, 7) is 0. The number of carbonyl (C=O) groups excluding carboxylic acids is 1. The molecule has 0 saturated carbocycles. The van der Waals surface area contributed by atoms with Gasteiger partial charge in [0.2, 0.25) is 5.91 Å². The van der Waals surface area contributed by atoms with E-state index in [1.165, 1.54) is 18.2 Å². The maximum Gasteiger partial charge on any atom is 0.416 e. The fourth-order valence-corrected chi connectivity index (χ4v) is 2.26. The van der Waals surface area contributed by atoms with Crippen LogP contribution in [-0.4, -0.2) is 5.91 Å². The van der Waals surface area contributed by atoms with Crippen molar-refractivity contribution in [1.82, 2.24) is 0 Å². The summed E-state index contributed by atoms with van der Waals surface area (Å²) < 4.78 is 37.8. The Hall–Kier alpha value is -1.98. The highest BCUT2D eigenvalue weighted by molar-refractivity contribution is 6.39. The largest absolute Gasteiger partial charge is 0.416 e. The topological polar surface area (TPSA) is 29.1 Å². The van der Waals surface area contributed by atoms with Gasteiger partial charge in [-0.25, -0.2) is 0 Å². The Morgan fingerprint density at radius 3 is 2.26 bits per heavy atom. The van der Waals surface area contributed by atoms with Crippen LogP contribution in [0.4, 0.5) is 18.9 Å². The second kappa shape index (κ2) is 7.06. The monoisotopic (exact) mass is 359 g/mol. The van der Waals surface area contributed by atoms with Crippen molar-refractivity contribution in [2.45, 2.75) is 6.18 Å². The Balaban J connectivity index is 2.13. The van der Waals surface area contributed by atoms with Gasteiger partial charge in [0, 0.05) is 6.08 Å². The number of halogens is 5. The van der Waals surface area contributed by atoms with Crippen molar-refractivity contribution in [2.24, 2.45) is 0 Å². The zero-order valence-corrected chi connectivity index (χ0v) is 13.0. The number of nitrogens with one attached hydrogen (secondary N) is 1. The van der Waals surface area contributed by atoms with Crippen LogP contribution in [-0.2, 0) is 11.0 Å². The second-order valence-electron chi connectivity index (χ2n) is 4.54. The molecule has 0 atom stereocenters. The molecule has 2 nitrogen and oxygen atoms in total. The Kier molecular flexibility index (Phi) is 5.34. The molecule has 23 heavy (non-hydrogen) atoms. The lowest BCUT2D eigenvalue weighted by atomic mass is 10.1. The van der Waals surface area contributed by atoms with E-state index in [1.807, 2.05) is 0 Å². The predicted octanol–water partition coefficient (Wildman–Crippen LogP) is 5.66. The summed E-state index contributed by atoms with van der Waals surface area (Å²) in [6.07, 6.45) is -2.05. The van der Waals surface area contributed by atoms with Crippen LogP contribution in [0, 0.1) is 0 Å². The summed E-state index contributed by atoms with van der Waals surface area (Å²) in [5, 5.41) is 3.01. The summed E-state index contributed by atoms with van der Waals surface area (Å²) in [5.74, 6) is -0.558. The Morgan fingerprint density at radius 2 is 1.65 bits per heavy atom. The maximum absolute atomic E-state index is 12.6. The molecule has 0 fully saturated rings. The Morgan fingerprint density at radius 1 is 1.04 bits per heavy atom. The highest BCUT2D eigenvalue weighted by atomic mass is 35.5. The van der Waals surface area contributed by atoms with E-state index < -0.39 is 17.6 Å². The van der Waals surface area contributed by atoms with Crippen LogP contribution in [0.5, 0.6) is 0 Å². The van der Waals surface area contributed by atoms with Crippen LogP contribution in [0.2, 0.25) is 10.0 Å². The van der Waals surface area contributed by atoms with E-state index in [1.54, 1.807) is 18.2 Å². The van der Waals surface area contributed by atoms with Crippen LogP contribution in [0.3, 0.4) is 0 Å². The molecular formula is C16H10Cl2F3NO. The maximum atomic E-state index is 12.6. The van der Waals surface area contributed by atoms with Crippen LogP contribution in [0.1, 0.15) is 11.1 Å². The molecule has 2 aromatic rings. The average Bonchev–Trinajstić information content (AvgIpc) is 2.48. The molecule has 2 rings (SSSR count). The summed E-state index contributed by atoms with van der Waals surface area (Å²) in [7, 11) is 0. The minimum Gasteiger partial charge on any atom is -0.320 e. The van der Waals surface area contributed by atoms with Gasteiger partial charge in [-0.05, 0) is 35.9 Å². The molecule has 0 aliphatic carbocycles. The number of rotatable bonds is 3. The first-order valence-electron chi connectivity index (χ1n) is 6.38. The number of carbonyl (C=O) groups is 1. The van der Waals surface area contributed by atoms with Gasteiger partial charge < -0.3 is 5.32 Å². The SMILES string of the molecule is O=C(/C=C/c1cccc(C(F)(F)F)c1)Nc1c(Cl)cccc1Cl. The molecule has 120 valence electrons. The van der Waals surface area contributed by atoms with Gasteiger partial charge in [-0.2, -0.15) is 13.2 Å². The van der Waals surface area contributed by atoms with E-state index >= 15 is 0 Å². The van der Waals surface area contributed by atoms with Crippen molar-refractivity contribution in [3.63, 3.8) is 0 Å². The lowest BCUT2D eigenvalue weighted by Gasteiger charge is -2.07. The number of para-hydroxylation sites is 1. The molecule has 0 bridgehead atoms. The average molecular weight is 360 g/mol. The molecule has 0 saturated heterocycles. The van der Waals surface area contributed by atoms with Crippen LogP contribution >= 0.6 is 23.2 Å². The fourth-order valence-electron chi connectivity index (χ4n) is 1.77. The lowest BCUT2D eigenvalue weighted by molar-refractivity contribution is -0.137. The number of anilines is 1. The third kappa shape index (κ3) is 4.74. The normalized spacial score (nSPS) is 11.7. The standard InChI is InChI=1S/C16H10Cl2F3NO/c17-12-5-2-6-13(18)15(12)22-14(23)8-7-10-3-1-4-11(9-10)16(19,20)21/h1-9H,(H,22,23)/b8-7+. The molecule has 0 heterocycles. The van der Waals surface area contributed by atoms with Crippen molar-refractivity contribution < 1.29 is 18.0 Å². The molecule has 0 aromatic heterocycles. The number of benzene rings is 2. The first-order chi connectivity index (χ1) is 10.8. The summed E-state index contributed by atoms with van der Waals surface area (Å²) in [4.78, 5) is 11.8. The predicted molar refractivity (Wildman–Crippen MR) is 85.6 cm³/mol. The highest BCUT2D eigenvalue weighted by Crippen LogP contribution is 2.30. The van der Waals surface area contributed by atoms with E-state index in [4.69, 9.17) is 23.2 Å². The van der Waals surface area contributed by atoms with Gasteiger partial charge in [0.15, 0.2) is 0 Å². The first kappa shape index (κ1) is 17.4. The van der Waals surface area contributed by atoms with Crippen LogP contribution in [0.25, 0.3) is 6.08 Å². The molecule has 1 amide bonds. The molecule has 1 N–H and O–H groups in total. The number of amides is 1. The van der Waals surface area contributed by atoms with Crippen molar-refractivity contribution in [1.29, 1.82) is 0 Å². The smallest absolute Gasteiger partial charge is 0.320 e. The quantitative estimate of drug-likeness (QED) is 0.703. The van der Waals surface area contributed by atoms with Crippen molar-refractivity contribution >= 4 is 40.9 Å². The molecule has 0 unspecified atom stereocenters. The Labute approximate surface area is 140 Å². The molecule has 7 heteroatoms. The molecule has 0 aliphatic rings. The van der Waals surface area contributed by atoms with Gasteiger partial charge in [0.1, 0.15) is 0 Å². The third-order valence-electron chi connectivity index (χ3n) is 2.85. The van der Waals surface area contributed by atoms with Gasteiger partial charge in [0.05, 0.1) is 21.3 Å². The minimum atomic E-state index is -4.43. The summed E-state index contributed by atoms with van der Waals surface area (Å²) >= 11 is 11.8. The molecule has 0 radical (unpaired) electrons. The van der Waals surface area contributed by atoms with Gasteiger partial charge in [-0.15, -0.1) is 0 Å². The zero-order valence-electron chi connectivity index (χ0n) is 11.5. The molecular weight excluding hydrogens is 350 g/mol. The molecule has 2 aromatic carbocycles. The van der Waals surface area contributed by atoms with Crippen molar-refractivity contribution in [2.75, 3.05) is 5.32 Å². The number of hydrogen-bond donors (Lipinski definition) is 1. The van der Waals surface area contributed by atoms with Crippen LogP contribution in [0.15, 0.2) is 48.5 Å². The fraction of sp³-hybridized carbons (Fsp3) is 0.0625. The molecule has 0 spiro atoms.